The summed E-state index contributed by atoms with van der Waals surface area (Å²) in [6.07, 6.45) is 6.29. The molecule has 1 aliphatic carbocycles. The summed E-state index contributed by atoms with van der Waals surface area (Å²) < 4.78 is 0. The van der Waals surface area contributed by atoms with Gasteiger partial charge in [-0.2, -0.15) is 0 Å². The van der Waals surface area contributed by atoms with Crippen LogP contribution in [0.1, 0.15) is 29.5 Å². The second kappa shape index (κ2) is 5.38. The van der Waals surface area contributed by atoms with E-state index >= 15 is 0 Å². The van der Waals surface area contributed by atoms with Gasteiger partial charge in [-0.25, -0.2) is 0 Å². The van der Waals surface area contributed by atoms with Crippen molar-refractivity contribution >= 4 is 12.4 Å². The molecule has 0 saturated heterocycles. The molecule has 0 unspecified atom stereocenters. The Morgan fingerprint density at radius 3 is 2.50 bits per heavy atom. The summed E-state index contributed by atoms with van der Waals surface area (Å²) in [6, 6.07) is 6.87. The van der Waals surface area contributed by atoms with Crippen LogP contribution >= 0.6 is 12.4 Å². The van der Waals surface area contributed by atoms with Crippen LogP contribution in [0.3, 0.4) is 0 Å². The molecule has 0 aromatic heterocycles. The van der Waals surface area contributed by atoms with Gasteiger partial charge in [-0.1, -0.05) is 18.2 Å². The van der Waals surface area contributed by atoms with Gasteiger partial charge in [0.1, 0.15) is 0 Å². The van der Waals surface area contributed by atoms with Crippen LogP contribution in [0.4, 0.5) is 0 Å². The lowest BCUT2D eigenvalue weighted by molar-refractivity contribution is 0.684. The first-order valence-corrected chi connectivity index (χ1v) is 5.21. The predicted molar refractivity (Wildman–Crippen MR) is 63.1 cm³/mol. The normalized spacial score (nSPS) is 14.4. The van der Waals surface area contributed by atoms with Gasteiger partial charge < -0.3 is 5.73 Å². The summed E-state index contributed by atoms with van der Waals surface area (Å²) >= 11 is 0. The minimum Gasteiger partial charge on any atom is -0.330 e. The summed E-state index contributed by atoms with van der Waals surface area (Å²) in [5.74, 6) is 0. The molecule has 0 saturated carbocycles. The van der Waals surface area contributed by atoms with Crippen molar-refractivity contribution in [3.63, 3.8) is 0 Å². The molecule has 0 amide bonds. The molecule has 1 aromatic rings. The molecular weight excluding hydrogens is 194 g/mol. The minimum absolute atomic E-state index is 0. The van der Waals surface area contributed by atoms with E-state index in [-0.39, 0.29) is 12.4 Å². The van der Waals surface area contributed by atoms with Crippen LogP contribution in [-0.2, 0) is 19.3 Å². The highest BCUT2D eigenvalue weighted by Crippen LogP contribution is 2.22. The molecule has 1 aromatic carbocycles. The quantitative estimate of drug-likeness (QED) is 0.800. The Kier molecular flexibility index (Phi) is 4.43. The molecule has 2 N–H and O–H groups in total. The maximum Gasteiger partial charge on any atom is -0.00367 e. The molecule has 0 bridgehead atoms. The third kappa shape index (κ3) is 2.49. The highest BCUT2D eigenvalue weighted by Gasteiger charge is 2.08. The Labute approximate surface area is 92.1 Å². The van der Waals surface area contributed by atoms with Crippen LogP contribution < -0.4 is 5.73 Å². The third-order valence-corrected chi connectivity index (χ3v) is 2.85. The van der Waals surface area contributed by atoms with Crippen molar-refractivity contribution in [3.05, 3.63) is 34.9 Å². The Morgan fingerprint density at radius 1 is 1.07 bits per heavy atom. The molecule has 2 heteroatoms. The Hall–Kier alpha value is -0.530. The summed E-state index contributed by atoms with van der Waals surface area (Å²) in [5.41, 5.74) is 10.1. The van der Waals surface area contributed by atoms with E-state index in [0.29, 0.717) is 0 Å². The highest BCUT2D eigenvalue weighted by atomic mass is 35.5. The fourth-order valence-corrected chi connectivity index (χ4v) is 2.11. The monoisotopic (exact) mass is 211 g/mol. The summed E-state index contributed by atoms with van der Waals surface area (Å²) in [5, 5.41) is 0. The molecule has 0 heterocycles. The third-order valence-electron chi connectivity index (χ3n) is 2.85. The lowest BCUT2D eigenvalue weighted by Gasteiger charge is -2.16. The predicted octanol–water partition coefficient (Wildman–Crippen LogP) is 2.49. The van der Waals surface area contributed by atoms with E-state index in [0.717, 1.165) is 13.0 Å². The second-order valence-electron chi connectivity index (χ2n) is 3.85. The number of halogens is 1. The zero-order valence-corrected chi connectivity index (χ0v) is 9.28. The molecule has 1 nitrogen and oxygen atoms in total. The van der Waals surface area contributed by atoms with Gasteiger partial charge >= 0.3 is 0 Å². The molecule has 0 fully saturated rings. The zero-order chi connectivity index (χ0) is 9.10. The lowest BCUT2D eigenvalue weighted by Crippen LogP contribution is -2.06. The van der Waals surface area contributed by atoms with Crippen LogP contribution in [0.25, 0.3) is 0 Å². The number of hydrogen-bond donors (Lipinski definition) is 1. The van der Waals surface area contributed by atoms with Crippen LogP contribution in [-0.4, -0.2) is 6.54 Å². The van der Waals surface area contributed by atoms with Crippen molar-refractivity contribution in [2.75, 3.05) is 6.54 Å². The van der Waals surface area contributed by atoms with Crippen molar-refractivity contribution in [3.8, 4) is 0 Å². The molecule has 2 rings (SSSR count). The van der Waals surface area contributed by atoms with Crippen LogP contribution in [0.15, 0.2) is 18.2 Å². The van der Waals surface area contributed by atoms with Gasteiger partial charge in [0, 0.05) is 0 Å². The van der Waals surface area contributed by atoms with E-state index in [2.05, 4.69) is 18.2 Å². The largest absolute Gasteiger partial charge is 0.330 e. The van der Waals surface area contributed by atoms with Crippen molar-refractivity contribution < 1.29 is 0 Å². The van der Waals surface area contributed by atoms with Gasteiger partial charge in [0.25, 0.3) is 0 Å². The van der Waals surface area contributed by atoms with Gasteiger partial charge in [0.2, 0.25) is 0 Å². The number of rotatable bonds is 2. The van der Waals surface area contributed by atoms with Crippen LogP contribution in [0, 0.1) is 0 Å². The van der Waals surface area contributed by atoms with E-state index in [4.69, 9.17) is 5.73 Å². The van der Waals surface area contributed by atoms with E-state index in [1.165, 1.54) is 31.2 Å². The smallest absolute Gasteiger partial charge is 0.00367 e. The van der Waals surface area contributed by atoms with E-state index in [1.54, 1.807) is 11.1 Å². The molecule has 1 aliphatic rings. The molecule has 0 atom stereocenters. The fraction of sp³-hybridized carbons (Fsp3) is 0.500. The molecule has 0 spiro atoms. The number of nitrogens with two attached hydrogens (primary N) is 1. The van der Waals surface area contributed by atoms with Crippen molar-refractivity contribution in [1.29, 1.82) is 0 Å². The zero-order valence-electron chi connectivity index (χ0n) is 8.46. The second-order valence-corrected chi connectivity index (χ2v) is 3.85. The van der Waals surface area contributed by atoms with Crippen molar-refractivity contribution in [2.24, 2.45) is 5.73 Å². The minimum atomic E-state index is 0. The van der Waals surface area contributed by atoms with E-state index in [1.807, 2.05) is 0 Å². The topological polar surface area (TPSA) is 26.0 Å². The summed E-state index contributed by atoms with van der Waals surface area (Å²) in [4.78, 5) is 0. The Morgan fingerprint density at radius 2 is 1.79 bits per heavy atom. The van der Waals surface area contributed by atoms with Gasteiger partial charge in [-0.15, -0.1) is 12.4 Å². The Bertz CT molecular complexity index is 296. The average Bonchev–Trinajstić information content (AvgIpc) is 2.18. The maximum absolute atomic E-state index is 5.54. The SMILES string of the molecule is Cl.NCCc1ccc2c(c1)CCCC2. The Balaban J connectivity index is 0.000000980. The van der Waals surface area contributed by atoms with Gasteiger partial charge in [0.05, 0.1) is 0 Å². The number of benzene rings is 1. The average molecular weight is 212 g/mol. The fourth-order valence-electron chi connectivity index (χ4n) is 2.11. The van der Waals surface area contributed by atoms with E-state index in [9.17, 15) is 0 Å². The van der Waals surface area contributed by atoms with Gasteiger partial charge in [-0.3, -0.25) is 0 Å². The summed E-state index contributed by atoms with van der Waals surface area (Å²) in [7, 11) is 0. The molecule has 78 valence electrons. The number of aryl methyl sites for hydroxylation is 2. The highest BCUT2D eigenvalue weighted by molar-refractivity contribution is 5.85. The molecule has 0 aliphatic heterocycles. The first-order chi connectivity index (χ1) is 6.40. The van der Waals surface area contributed by atoms with Crippen molar-refractivity contribution in [1.82, 2.24) is 0 Å². The van der Waals surface area contributed by atoms with Crippen LogP contribution in [0.5, 0.6) is 0 Å². The molecule has 14 heavy (non-hydrogen) atoms. The number of fused-ring (bicyclic) bond motifs is 1. The maximum atomic E-state index is 5.54. The first-order valence-electron chi connectivity index (χ1n) is 5.21. The standard InChI is InChI=1S/C12H17N.ClH/c13-8-7-10-5-6-11-3-1-2-4-12(11)9-10;/h5-6,9H,1-4,7-8,13H2;1H. The van der Waals surface area contributed by atoms with Crippen LogP contribution in [0.2, 0.25) is 0 Å². The van der Waals surface area contributed by atoms with E-state index < -0.39 is 0 Å². The number of hydrogen-bond acceptors (Lipinski definition) is 1. The van der Waals surface area contributed by atoms with Crippen molar-refractivity contribution in [2.45, 2.75) is 32.1 Å². The molecular formula is C12H18ClN. The van der Waals surface area contributed by atoms with Gasteiger partial charge in [-0.05, 0) is 55.3 Å². The summed E-state index contributed by atoms with van der Waals surface area (Å²) in [6.45, 7) is 0.763. The molecule has 0 radical (unpaired) electrons. The lowest BCUT2D eigenvalue weighted by atomic mass is 9.90. The first kappa shape index (κ1) is 11.5. The van der Waals surface area contributed by atoms with Gasteiger partial charge in [0.15, 0.2) is 0 Å².